The van der Waals surface area contributed by atoms with Crippen molar-refractivity contribution in [3.05, 3.63) is 21.9 Å². The number of rotatable bonds is 6. The molecule has 0 aliphatic carbocycles. The lowest BCUT2D eigenvalue weighted by Crippen LogP contribution is -2.02. The summed E-state index contributed by atoms with van der Waals surface area (Å²) in [4.78, 5) is 10.4. The van der Waals surface area contributed by atoms with E-state index in [4.69, 9.17) is 14.6 Å². The van der Waals surface area contributed by atoms with Crippen molar-refractivity contribution in [2.24, 2.45) is 0 Å². The highest BCUT2D eigenvalue weighted by Crippen LogP contribution is 2.37. The van der Waals surface area contributed by atoms with Crippen LogP contribution in [0.25, 0.3) is 0 Å². The van der Waals surface area contributed by atoms with Crippen LogP contribution in [0.15, 0.2) is 10.5 Å². The maximum atomic E-state index is 14.1. The van der Waals surface area contributed by atoms with Gasteiger partial charge in [0, 0.05) is 16.5 Å². The van der Waals surface area contributed by atoms with E-state index in [-0.39, 0.29) is 12.2 Å². The van der Waals surface area contributed by atoms with Gasteiger partial charge in [0.05, 0.1) is 14.2 Å². The van der Waals surface area contributed by atoms with Crippen molar-refractivity contribution in [1.29, 1.82) is 0 Å². The summed E-state index contributed by atoms with van der Waals surface area (Å²) in [6.45, 7) is 0. The Labute approximate surface area is 113 Å². The van der Waals surface area contributed by atoms with Gasteiger partial charge in [-0.2, -0.15) is 0 Å². The second kappa shape index (κ2) is 6.58. The summed E-state index contributed by atoms with van der Waals surface area (Å²) in [5.41, 5.74) is 0.397. The first kappa shape index (κ1) is 14.8. The number of aliphatic carboxylic acids is 1. The van der Waals surface area contributed by atoms with Gasteiger partial charge in [-0.1, -0.05) is 15.9 Å². The monoisotopic (exact) mass is 320 g/mol. The zero-order chi connectivity index (χ0) is 13.7. The first-order valence-electron chi connectivity index (χ1n) is 5.31. The van der Waals surface area contributed by atoms with Gasteiger partial charge in [-0.3, -0.25) is 4.79 Å². The molecule has 4 nitrogen and oxygen atoms in total. The van der Waals surface area contributed by atoms with E-state index in [1.807, 2.05) is 0 Å². The Morgan fingerprint density at radius 2 is 2.11 bits per heavy atom. The van der Waals surface area contributed by atoms with E-state index >= 15 is 0 Å². The Bertz CT molecular complexity index is 448. The Kier molecular flexibility index (Phi) is 5.40. The van der Waals surface area contributed by atoms with Crippen molar-refractivity contribution < 1.29 is 23.8 Å². The summed E-state index contributed by atoms with van der Waals surface area (Å²) in [5, 5.41) is 8.56. The minimum absolute atomic E-state index is 0.000223. The molecular weight excluding hydrogens is 307 g/mol. The maximum absolute atomic E-state index is 14.1. The van der Waals surface area contributed by atoms with Crippen LogP contribution in [0.1, 0.15) is 18.4 Å². The van der Waals surface area contributed by atoms with E-state index in [0.717, 1.165) is 0 Å². The molecule has 0 saturated heterocycles. The lowest BCUT2D eigenvalue weighted by atomic mass is 10.1. The molecule has 0 amide bonds. The molecule has 0 aliphatic heterocycles. The number of hydrogen-bond acceptors (Lipinski definition) is 3. The average molecular weight is 321 g/mol. The van der Waals surface area contributed by atoms with E-state index < -0.39 is 11.8 Å². The second-order valence-corrected chi connectivity index (χ2v) is 4.49. The van der Waals surface area contributed by atoms with E-state index in [1.54, 1.807) is 6.07 Å². The van der Waals surface area contributed by atoms with Gasteiger partial charge in [-0.05, 0) is 18.9 Å². The van der Waals surface area contributed by atoms with Gasteiger partial charge in [0.25, 0.3) is 0 Å². The molecule has 0 bridgehead atoms. The van der Waals surface area contributed by atoms with Crippen LogP contribution >= 0.6 is 15.9 Å². The molecule has 6 heteroatoms. The molecule has 0 unspecified atom stereocenters. The summed E-state index contributed by atoms with van der Waals surface area (Å²) in [6.07, 6.45) is 0.680. The third-order valence-corrected chi connectivity index (χ3v) is 3.18. The van der Waals surface area contributed by atoms with E-state index in [2.05, 4.69) is 15.9 Å². The predicted octanol–water partition coefficient (Wildman–Crippen LogP) is 3.01. The van der Waals surface area contributed by atoms with Gasteiger partial charge >= 0.3 is 5.97 Å². The summed E-state index contributed by atoms with van der Waals surface area (Å²) in [7, 11) is 2.78. The van der Waals surface area contributed by atoms with Crippen molar-refractivity contribution >= 4 is 21.9 Å². The van der Waals surface area contributed by atoms with E-state index in [1.165, 1.54) is 14.2 Å². The predicted molar refractivity (Wildman–Crippen MR) is 67.8 cm³/mol. The molecule has 0 aliphatic rings. The standard InChI is InChI=1S/C12H14BrFO4/c1-17-9-6-8(13)7(4-3-5-10(15)16)11(14)12(9)18-2/h6H,3-5H2,1-2H3,(H,15,16). The number of carboxylic acids is 1. The minimum Gasteiger partial charge on any atom is -0.493 e. The third-order valence-electron chi connectivity index (χ3n) is 2.48. The van der Waals surface area contributed by atoms with Crippen LogP contribution in [0.4, 0.5) is 4.39 Å². The molecule has 0 saturated carbocycles. The topological polar surface area (TPSA) is 55.8 Å². The minimum atomic E-state index is -0.896. The normalized spacial score (nSPS) is 10.2. The summed E-state index contributed by atoms with van der Waals surface area (Å²) < 4.78 is 24.6. The fraction of sp³-hybridized carbons (Fsp3) is 0.417. The summed E-state index contributed by atoms with van der Waals surface area (Å²) in [5.74, 6) is -1.09. The van der Waals surface area contributed by atoms with Gasteiger partial charge < -0.3 is 14.6 Å². The highest BCUT2D eigenvalue weighted by atomic mass is 79.9. The summed E-state index contributed by atoms with van der Waals surface area (Å²) in [6, 6.07) is 1.61. The zero-order valence-electron chi connectivity index (χ0n) is 10.1. The van der Waals surface area contributed by atoms with Gasteiger partial charge in [-0.25, -0.2) is 4.39 Å². The number of benzene rings is 1. The molecule has 0 spiro atoms. The average Bonchev–Trinajstić information content (AvgIpc) is 2.32. The van der Waals surface area contributed by atoms with Crippen molar-refractivity contribution in [1.82, 2.24) is 0 Å². The van der Waals surface area contributed by atoms with Gasteiger partial charge in [0.1, 0.15) is 0 Å². The molecule has 0 atom stereocenters. The van der Waals surface area contributed by atoms with Gasteiger partial charge in [0.2, 0.25) is 0 Å². The second-order valence-electron chi connectivity index (χ2n) is 3.63. The highest BCUT2D eigenvalue weighted by Gasteiger charge is 2.18. The quantitative estimate of drug-likeness (QED) is 0.875. The third kappa shape index (κ3) is 3.35. The largest absolute Gasteiger partial charge is 0.493 e. The maximum Gasteiger partial charge on any atom is 0.303 e. The molecular formula is C12H14BrFO4. The fourth-order valence-electron chi connectivity index (χ4n) is 1.61. The smallest absolute Gasteiger partial charge is 0.303 e. The van der Waals surface area contributed by atoms with Crippen LogP contribution < -0.4 is 9.47 Å². The fourth-order valence-corrected chi connectivity index (χ4v) is 2.19. The van der Waals surface area contributed by atoms with Crippen LogP contribution in [0, 0.1) is 5.82 Å². The lowest BCUT2D eigenvalue weighted by molar-refractivity contribution is -0.137. The molecule has 0 fully saturated rings. The molecule has 1 aromatic rings. The Morgan fingerprint density at radius 3 is 2.61 bits per heavy atom. The van der Waals surface area contributed by atoms with E-state index in [0.29, 0.717) is 28.6 Å². The first-order chi connectivity index (χ1) is 8.51. The Morgan fingerprint density at radius 1 is 1.44 bits per heavy atom. The molecule has 0 aromatic heterocycles. The number of methoxy groups -OCH3 is 2. The van der Waals surface area contributed by atoms with Crippen molar-refractivity contribution in [2.45, 2.75) is 19.3 Å². The number of halogens is 2. The van der Waals surface area contributed by atoms with Crippen molar-refractivity contribution in [3.63, 3.8) is 0 Å². The first-order valence-corrected chi connectivity index (χ1v) is 6.11. The Balaban J connectivity index is 3.00. The van der Waals surface area contributed by atoms with Crippen LogP contribution in [-0.2, 0) is 11.2 Å². The van der Waals surface area contributed by atoms with Crippen LogP contribution in [0.2, 0.25) is 0 Å². The highest BCUT2D eigenvalue weighted by molar-refractivity contribution is 9.10. The van der Waals surface area contributed by atoms with Crippen LogP contribution in [-0.4, -0.2) is 25.3 Å². The molecule has 18 heavy (non-hydrogen) atoms. The van der Waals surface area contributed by atoms with Gasteiger partial charge in [0.15, 0.2) is 17.3 Å². The van der Waals surface area contributed by atoms with Crippen molar-refractivity contribution in [2.75, 3.05) is 14.2 Å². The molecule has 1 N–H and O–H groups in total. The zero-order valence-corrected chi connectivity index (χ0v) is 11.7. The molecule has 1 rings (SSSR count). The van der Waals surface area contributed by atoms with Crippen molar-refractivity contribution in [3.8, 4) is 11.5 Å². The molecule has 0 heterocycles. The number of carboxylic acid groups (broad SMARTS) is 1. The van der Waals surface area contributed by atoms with Crippen LogP contribution in [0.5, 0.6) is 11.5 Å². The van der Waals surface area contributed by atoms with Crippen LogP contribution in [0.3, 0.4) is 0 Å². The van der Waals surface area contributed by atoms with E-state index in [9.17, 15) is 9.18 Å². The molecule has 1 aromatic carbocycles. The summed E-state index contributed by atoms with van der Waals surface area (Å²) >= 11 is 3.25. The lowest BCUT2D eigenvalue weighted by Gasteiger charge is -2.13. The number of carbonyl (C=O) groups is 1. The molecule has 0 radical (unpaired) electrons. The Hall–Kier alpha value is -1.30. The number of ether oxygens (including phenoxy) is 2. The molecule has 100 valence electrons. The number of hydrogen-bond donors (Lipinski definition) is 1. The van der Waals surface area contributed by atoms with Gasteiger partial charge in [-0.15, -0.1) is 0 Å². The SMILES string of the molecule is COc1cc(Br)c(CCCC(=O)O)c(F)c1OC.